The Morgan fingerprint density at radius 1 is 0.543 bits per heavy atom. The third kappa shape index (κ3) is 18.6. The molecule has 0 radical (unpaired) electrons. The van der Waals surface area contributed by atoms with Gasteiger partial charge >= 0.3 is 17.9 Å². The summed E-state index contributed by atoms with van der Waals surface area (Å²) in [6.07, 6.45) is 36.7. The molecular formula is C40H46O6. The molecule has 0 unspecified atom stereocenters. The number of hydrogen-bond donors (Lipinski definition) is 0. The minimum absolute atomic E-state index is 0.268. The number of benzene rings is 2. The molecule has 0 aliphatic heterocycles. The maximum Gasteiger partial charge on any atom is 0.336 e. The average Bonchev–Trinajstić information content (AvgIpc) is 3.01. The summed E-state index contributed by atoms with van der Waals surface area (Å²) in [5.74, 6) is -0.496. The molecule has 2 rings (SSSR count). The highest BCUT2D eigenvalue weighted by Crippen LogP contribution is 2.25. The Labute approximate surface area is 274 Å². The molecule has 0 spiro atoms. The van der Waals surface area contributed by atoms with E-state index < -0.39 is 17.9 Å². The summed E-state index contributed by atoms with van der Waals surface area (Å²) >= 11 is 0. The van der Waals surface area contributed by atoms with Crippen molar-refractivity contribution < 1.29 is 28.6 Å². The van der Waals surface area contributed by atoms with Crippen LogP contribution < -0.4 is 14.2 Å². The SMILES string of the molecule is CCCCCCCCCC=CC=CC=CC=CC=CC=CC(=O)Oc1ccc(C=Cc2cc(OC(C)=O)cc(OC(C)=O)c2)cc1. The first-order valence-electron chi connectivity index (χ1n) is 15.9. The van der Waals surface area contributed by atoms with Gasteiger partial charge in [-0.15, -0.1) is 0 Å². The molecule has 0 aromatic heterocycles. The molecule has 6 nitrogen and oxygen atoms in total. The average molecular weight is 623 g/mol. The van der Waals surface area contributed by atoms with Crippen LogP contribution in [-0.4, -0.2) is 17.9 Å². The lowest BCUT2D eigenvalue weighted by atomic mass is 10.1. The van der Waals surface area contributed by atoms with Gasteiger partial charge in [0.05, 0.1) is 0 Å². The van der Waals surface area contributed by atoms with Gasteiger partial charge in [0.25, 0.3) is 0 Å². The molecule has 0 N–H and O–H groups in total. The Hall–Kier alpha value is -4.97. The first kappa shape index (κ1) is 37.2. The highest BCUT2D eigenvalue weighted by Gasteiger charge is 2.06. The molecule has 0 fully saturated rings. The lowest BCUT2D eigenvalue weighted by Gasteiger charge is -2.07. The van der Waals surface area contributed by atoms with Gasteiger partial charge in [0.15, 0.2) is 0 Å². The summed E-state index contributed by atoms with van der Waals surface area (Å²) in [4.78, 5) is 34.8. The molecule has 2 aromatic rings. The minimum Gasteiger partial charge on any atom is -0.427 e. The zero-order valence-corrected chi connectivity index (χ0v) is 27.2. The smallest absolute Gasteiger partial charge is 0.336 e. The molecule has 46 heavy (non-hydrogen) atoms. The van der Waals surface area contributed by atoms with Crippen molar-refractivity contribution in [3.8, 4) is 17.2 Å². The summed E-state index contributed by atoms with van der Waals surface area (Å²) in [5, 5.41) is 0. The van der Waals surface area contributed by atoms with Crippen molar-refractivity contribution in [1.82, 2.24) is 0 Å². The third-order valence-corrected chi connectivity index (χ3v) is 6.34. The van der Waals surface area contributed by atoms with Gasteiger partial charge in [-0.05, 0) is 48.2 Å². The third-order valence-electron chi connectivity index (χ3n) is 6.34. The summed E-state index contributed by atoms with van der Waals surface area (Å²) < 4.78 is 15.6. The van der Waals surface area contributed by atoms with Crippen LogP contribution >= 0.6 is 0 Å². The number of hydrogen-bond acceptors (Lipinski definition) is 6. The van der Waals surface area contributed by atoms with Crippen molar-refractivity contribution in [3.63, 3.8) is 0 Å². The number of carbonyl (C=O) groups is 3. The van der Waals surface area contributed by atoms with Gasteiger partial charge in [0.1, 0.15) is 17.2 Å². The number of allylic oxidation sites excluding steroid dienone is 11. The van der Waals surface area contributed by atoms with Crippen LogP contribution in [0.2, 0.25) is 0 Å². The summed E-state index contributed by atoms with van der Waals surface area (Å²) in [6.45, 7) is 4.84. The van der Waals surface area contributed by atoms with Crippen LogP contribution in [0.5, 0.6) is 17.2 Å². The highest BCUT2D eigenvalue weighted by atomic mass is 16.5. The summed E-state index contributed by atoms with van der Waals surface area (Å²) in [6, 6.07) is 11.8. The van der Waals surface area contributed by atoms with Crippen molar-refractivity contribution in [1.29, 1.82) is 0 Å². The molecule has 0 heterocycles. The molecule has 0 aliphatic rings. The number of esters is 3. The first-order valence-corrected chi connectivity index (χ1v) is 15.9. The van der Waals surface area contributed by atoms with Gasteiger partial charge in [-0.1, -0.05) is 137 Å². The van der Waals surface area contributed by atoms with Crippen LogP contribution in [0, 0.1) is 0 Å². The Kier molecular flexibility index (Phi) is 18.9. The fraction of sp³-hybridized carbons (Fsp3) is 0.275. The van der Waals surface area contributed by atoms with Crippen LogP contribution in [0.1, 0.15) is 83.3 Å². The van der Waals surface area contributed by atoms with Gasteiger partial charge in [-0.2, -0.15) is 0 Å². The first-order chi connectivity index (χ1) is 22.4. The number of rotatable bonds is 19. The van der Waals surface area contributed by atoms with Crippen LogP contribution in [0.3, 0.4) is 0 Å². The molecule has 0 saturated heterocycles. The van der Waals surface area contributed by atoms with Gasteiger partial charge in [-0.3, -0.25) is 9.59 Å². The normalized spacial score (nSPS) is 12.2. The molecular weight excluding hydrogens is 576 g/mol. The van der Waals surface area contributed by atoms with Crippen LogP contribution in [0.25, 0.3) is 12.2 Å². The molecule has 0 bridgehead atoms. The summed E-state index contributed by atoms with van der Waals surface area (Å²) in [7, 11) is 0. The van der Waals surface area contributed by atoms with E-state index in [1.807, 2.05) is 48.6 Å². The van der Waals surface area contributed by atoms with Gasteiger partial charge in [-0.25, -0.2) is 4.79 Å². The van der Waals surface area contributed by atoms with E-state index in [4.69, 9.17) is 14.2 Å². The standard InChI is InChI=1S/C40H46O6/c1-4-5-6-7-8-9-10-11-12-13-14-15-16-17-18-19-20-21-22-23-40(43)46-37-28-26-35(27-29-37)24-25-36-30-38(44-33(2)41)32-39(31-36)45-34(3)42/h12-32H,4-11H2,1-3H3. The van der Waals surface area contributed by atoms with Crippen LogP contribution in [0.4, 0.5) is 0 Å². The Morgan fingerprint density at radius 3 is 1.61 bits per heavy atom. The predicted molar refractivity (Wildman–Crippen MR) is 188 cm³/mol. The van der Waals surface area contributed by atoms with Gasteiger partial charge in [0, 0.05) is 26.0 Å². The molecule has 0 aliphatic carbocycles. The zero-order chi connectivity index (χ0) is 33.2. The van der Waals surface area contributed by atoms with Crippen LogP contribution in [0.15, 0.2) is 115 Å². The zero-order valence-electron chi connectivity index (χ0n) is 27.2. The van der Waals surface area contributed by atoms with Gasteiger partial charge < -0.3 is 14.2 Å². The largest absolute Gasteiger partial charge is 0.427 e. The van der Waals surface area contributed by atoms with E-state index >= 15 is 0 Å². The highest BCUT2D eigenvalue weighted by molar-refractivity contribution is 5.84. The molecule has 242 valence electrons. The van der Waals surface area contributed by atoms with Crippen LogP contribution in [-0.2, 0) is 14.4 Å². The maximum atomic E-state index is 12.1. The lowest BCUT2D eigenvalue weighted by Crippen LogP contribution is -2.04. The maximum absolute atomic E-state index is 12.1. The van der Waals surface area contributed by atoms with E-state index in [9.17, 15) is 14.4 Å². The number of unbranched alkanes of at least 4 members (excludes halogenated alkanes) is 7. The second kappa shape index (κ2) is 23.4. The number of ether oxygens (including phenoxy) is 3. The van der Waals surface area contributed by atoms with Crippen molar-refractivity contribution in [2.24, 2.45) is 0 Å². The van der Waals surface area contributed by atoms with E-state index in [1.165, 1.54) is 70.9 Å². The molecule has 0 saturated carbocycles. The molecule has 0 amide bonds. The van der Waals surface area contributed by atoms with E-state index in [0.717, 1.165) is 12.0 Å². The predicted octanol–water partition coefficient (Wildman–Crippen LogP) is 10.1. The van der Waals surface area contributed by atoms with E-state index in [-0.39, 0.29) is 11.5 Å². The van der Waals surface area contributed by atoms with Gasteiger partial charge in [0.2, 0.25) is 0 Å². The molecule has 6 heteroatoms. The quantitative estimate of drug-likeness (QED) is 0.0387. The molecule has 0 atom stereocenters. The second-order valence-electron chi connectivity index (χ2n) is 10.5. The Balaban J connectivity index is 1.72. The van der Waals surface area contributed by atoms with Crippen molar-refractivity contribution in [2.75, 3.05) is 0 Å². The monoisotopic (exact) mass is 622 g/mol. The fourth-order valence-corrected chi connectivity index (χ4v) is 4.17. The number of carbonyl (C=O) groups excluding carboxylic acids is 3. The van der Waals surface area contributed by atoms with Crippen molar-refractivity contribution >= 4 is 30.1 Å². The fourth-order valence-electron chi connectivity index (χ4n) is 4.17. The summed E-state index contributed by atoms with van der Waals surface area (Å²) in [5.41, 5.74) is 1.51. The van der Waals surface area contributed by atoms with E-state index in [1.54, 1.807) is 54.6 Å². The van der Waals surface area contributed by atoms with E-state index in [0.29, 0.717) is 11.3 Å². The molecule has 2 aromatic carbocycles. The lowest BCUT2D eigenvalue weighted by molar-refractivity contribution is -0.132. The van der Waals surface area contributed by atoms with Crippen molar-refractivity contribution in [2.45, 2.75) is 72.1 Å². The Morgan fingerprint density at radius 2 is 1.04 bits per heavy atom. The van der Waals surface area contributed by atoms with E-state index in [2.05, 4.69) is 19.1 Å². The Bertz CT molecular complexity index is 1400. The topological polar surface area (TPSA) is 78.9 Å². The second-order valence-corrected chi connectivity index (χ2v) is 10.5. The minimum atomic E-state index is -0.484. The van der Waals surface area contributed by atoms with Crippen molar-refractivity contribution in [3.05, 3.63) is 127 Å².